The van der Waals surface area contributed by atoms with E-state index in [4.69, 9.17) is 0 Å². The summed E-state index contributed by atoms with van der Waals surface area (Å²) in [7, 11) is 0. The maximum absolute atomic E-state index is 12.3. The van der Waals surface area contributed by atoms with Gasteiger partial charge in [0.1, 0.15) is 6.04 Å². The number of nitrogens with zero attached hydrogens (tertiary/aromatic N) is 1. The van der Waals surface area contributed by atoms with Crippen molar-refractivity contribution in [1.82, 2.24) is 10.2 Å². The number of nitrogens with one attached hydrogen (secondary N) is 1. The summed E-state index contributed by atoms with van der Waals surface area (Å²) in [4.78, 5) is 25.6. The van der Waals surface area contributed by atoms with Gasteiger partial charge in [0.2, 0.25) is 11.8 Å². The minimum absolute atomic E-state index is 0.0335. The fraction of sp³-hybridized carbons (Fsp3) is 0.846. The van der Waals surface area contributed by atoms with Crippen molar-refractivity contribution < 1.29 is 9.59 Å². The second-order valence-corrected chi connectivity index (χ2v) is 5.37. The highest BCUT2D eigenvalue weighted by atomic mass is 16.2. The lowest BCUT2D eigenvalue weighted by Crippen LogP contribution is -2.49. The molecule has 0 saturated carbocycles. The van der Waals surface area contributed by atoms with Crippen molar-refractivity contribution in [3.05, 3.63) is 0 Å². The Morgan fingerprint density at radius 3 is 2.65 bits per heavy atom. The summed E-state index contributed by atoms with van der Waals surface area (Å²) in [6.07, 6.45) is 5.43. The Labute approximate surface area is 103 Å². The van der Waals surface area contributed by atoms with Crippen LogP contribution in [-0.4, -0.2) is 35.8 Å². The smallest absolute Gasteiger partial charge is 0.245 e. The quantitative estimate of drug-likeness (QED) is 0.748. The van der Waals surface area contributed by atoms with Crippen LogP contribution < -0.4 is 5.32 Å². The van der Waals surface area contributed by atoms with E-state index >= 15 is 0 Å². The number of rotatable bonds is 1. The Kier molecular flexibility index (Phi) is 4.02. The van der Waals surface area contributed by atoms with Gasteiger partial charge in [-0.1, -0.05) is 13.3 Å². The molecule has 2 heterocycles. The van der Waals surface area contributed by atoms with Crippen LogP contribution in [0.5, 0.6) is 0 Å². The van der Waals surface area contributed by atoms with E-state index in [9.17, 15) is 9.59 Å². The molecule has 0 spiro atoms. The van der Waals surface area contributed by atoms with E-state index in [1.807, 2.05) is 4.90 Å². The third kappa shape index (κ3) is 3.20. The normalized spacial score (nSPS) is 27.5. The molecule has 2 aliphatic heterocycles. The van der Waals surface area contributed by atoms with Crippen molar-refractivity contribution in [3.63, 3.8) is 0 Å². The summed E-state index contributed by atoms with van der Waals surface area (Å²) in [5.74, 6) is 0.890. The molecule has 0 aromatic heterocycles. The number of amides is 2. The monoisotopic (exact) mass is 238 g/mol. The van der Waals surface area contributed by atoms with Gasteiger partial charge in [0.05, 0.1) is 0 Å². The van der Waals surface area contributed by atoms with E-state index < -0.39 is 0 Å². The zero-order chi connectivity index (χ0) is 12.3. The lowest BCUT2D eigenvalue weighted by Gasteiger charge is -2.32. The molecular weight excluding hydrogens is 216 g/mol. The van der Waals surface area contributed by atoms with Gasteiger partial charge >= 0.3 is 0 Å². The summed E-state index contributed by atoms with van der Waals surface area (Å²) in [6, 6.07) is -0.265. The zero-order valence-electron chi connectivity index (χ0n) is 10.6. The molecule has 0 bridgehead atoms. The number of likely N-dealkylation sites (tertiary alicyclic amines) is 1. The first-order valence-corrected chi connectivity index (χ1v) is 6.75. The highest BCUT2D eigenvalue weighted by molar-refractivity contribution is 5.88. The molecule has 0 radical (unpaired) electrons. The fourth-order valence-electron chi connectivity index (χ4n) is 2.61. The Morgan fingerprint density at radius 1 is 1.24 bits per heavy atom. The van der Waals surface area contributed by atoms with Crippen LogP contribution in [0.2, 0.25) is 0 Å². The Balaban J connectivity index is 1.91. The maximum atomic E-state index is 12.3. The number of carbonyl (C=O) groups is 2. The van der Waals surface area contributed by atoms with Crippen LogP contribution in [0, 0.1) is 5.92 Å². The highest BCUT2D eigenvalue weighted by Gasteiger charge is 2.29. The lowest BCUT2D eigenvalue weighted by atomic mass is 9.98. The molecule has 2 amide bonds. The average Bonchev–Trinajstić information content (AvgIpc) is 2.54. The molecule has 17 heavy (non-hydrogen) atoms. The second-order valence-electron chi connectivity index (χ2n) is 5.37. The topological polar surface area (TPSA) is 49.4 Å². The number of hydrogen-bond acceptors (Lipinski definition) is 2. The first kappa shape index (κ1) is 12.4. The summed E-state index contributed by atoms with van der Waals surface area (Å²) in [6.45, 7) is 3.94. The van der Waals surface area contributed by atoms with Crippen molar-refractivity contribution in [3.8, 4) is 0 Å². The van der Waals surface area contributed by atoms with Crippen molar-refractivity contribution in [1.29, 1.82) is 0 Å². The van der Waals surface area contributed by atoms with Crippen LogP contribution in [0.15, 0.2) is 0 Å². The molecular formula is C13H22N2O2. The van der Waals surface area contributed by atoms with Gasteiger partial charge in [-0.15, -0.1) is 0 Å². The predicted molar refractivity (Wildman–Crippen MR) is 65.4 cm³/mol. The van der Waals surface area contributed by atoms with Gasteiger partial charge in [-0.05, 0) is 31.6 Å². The fourth-order valence-corrected chi connectivity index (χ4v) is 2.61. The molecule has 2 rings (SSSR count). The molecule has 2 fully saturated rings. The van der Waals surface area contributed by atoms with Crippen molar-refractivity contribution >= 4 is 11.8 Å². The minimum atomic E-state index is -0.265. The Hall–Kier alpha value is -1.06. The highest BCUT2D eigenvalue weighted by Crippen LogP contribution is 2.18. The van der Waals surface area contributed by atoms with E-state index in [0.717, 1.165) is 51.1 Å². The van der Waals surface area contributed by atoms with Crippen molar-refractivity contribution in [2.45, 2.75) is 51.5 Å². The molecule has 96 valence electrons. The zero-order valence-corrected chi connectivity index (χ0v) is 10.6. The summed E-state index contributed by atoms with van der Waals surface area (Å²) >= 11 is 0. The van der Waals surface area contributed by atoms with Crippen LogP contribution >= 0.6 is 0 Å². The number of hydrogen-bond donors (Lipinski definition) is 1. The van der Waals surface area contributed by atoms with Gasteiger partial charge < -0.3 is 10.2 Å². The number of carbonyl (C=O) groups excluding carboxylic acids is 2. The first-order chi connectivity index (χ1) is 8.16. The van der Waals surface area contributed by atoms with Gasteiger partial charge in [-0.25, -0.2) is 0 Å². The second kappa shape index (κ2) is 5.52. The van der Waals surface area contributed by atoms with Gasteiger partial charge in [0, 0.05) is 19.5 Å². The van der Waals surface area contributed by atoms with Gasteiger partial charge in [0.15, 0.2) is 0 Å². The standard InChI is InChI=1S/C13H22N2O2/c1-10-6-8-15(9-7-10)13(17)11-4-2-3-5-12(16)14-11/h10-11H,2-9H2,1H3,(H,14,16). The maximum Gasteiger partial charge on any atom is 0.245 e. The van der Waals surface area contributed by atoms with E-state index in [1.54, 1.807) is 0 Å². The van der Waals surface area contributed by atoms with Crippen LogP contribution in [0.3, 0.4) is 0 Å². The third-order valence-corrected chi connectivity index (χ3v) is 3.88. The van der Waals surface area contributed by atoms with Crippen LogP contribution in [0.4, 0.5) is 0 Å². The average molecular weight is 238 g/mol. The minimum Gasteiger partial charge on any atom is -0.344 e. The lowest BCUT2D eigenvalue weighted by molar-refractivity contribution is -0.137. The Morgan fingerprint density at radius 2 is 1.94 bits per heavy atom. The summed E-state index contributed by atoms with van der Waals surface area (Å²) in [5, 5.41) is 2.86. The van der Waals surface area contributed by atoms with Crippen LogP contribution in [-0.2, 0) is 9.59 Å². The first-order valence-electron chi connectivity index (χ1n) is 6.75. The number of piperidine rings is 1. The van der Waals surface area contributed by atoms with Gasteiger partial charge in [0.25, 0.3) is 0 Å². The SMILES string of the molecule is CC1CCN(C(=O)C2CCCCC(=O)N2)CC1. The van der Waals surface area contributed by atoms with Crippen LogP contribution in [0.25, 0.3) is 0 Å². The molecule has 1 unspecified atom stereocenters. The molecule has 1 N–H and O–H groups in total. The summed E-state index contributed by atoms with van der Waals surface area (Å²) in [5.41, 5.74) is 0. The van der Waals surface area contributed by atoms with Gasteiger partial charge in [-0.3, -0.25) is 9.59 Å². The van der Waals surface area contributed by atoms with Crippen molar-refractivity contribution in [2.75, 3.05) is 13.1 Å². The van der Waals surface area contributed by atoms with E-state index in [2.05, 4.69) is 12.2 Å². The molecule has 0 aromatic rings. The van der Waals surface area contributed by atoms with Crippen LogP contribution in [0.1, 0.15) is 45.4 Å². The molecule has 0 aromatic carbocycles. The predicted octanol–water partition coefficient (Wildman–Crippen LogP) is 1.30. The molecule has 2 aliphatic rings. The molecule has 2 saturated heterocycles. The van der Waals surface area contributed by atoms with Crippen molar-refractivity contribution in [2.24, 2.45) is 5.92 Å². The van der Waals surface area contributed by atoms with E-state index in [0.29, 0.717) is 6.42 Å². The largest absolute Gasteiger partial charge is 0.344 e. The molecule has 0 aliphatic carbocycles. The molecule has 4 heteroatoms. The summed E-state index contributed by atoms with van der Waals surface area (Å²) < 4.78 is 0. The van der Waals surface area contributed by atoms with E-state index in [1.165, 1.54) is 0 Å². The van der Waals surface area contributed by atoms with E-state index in [-0.39, 0.29) is 17.9 Å². The molecule has 1 atom stereocenters. The van der Waals surface area contributed by atoms with Gasteiger partial charge in [-0.2, -0.15) is 0 Å². The molecule has 4 nitrogen and oxygen atoms in total. The Bertz CT molecular complexity index is 296. The third-order valence-electron chi connectivity index (χ3n) is 3.88.